The number of benzene rings is 10. The summed E-state index contributed by atoms with van der Waals surface area (Å²) in [5.41, 5.74) is 32.6. The fourth-order valence-electron chi connectivity index (χ4n) is 18.5. The number of nitrogens with two attached hydrogens (primary N) is 3. The zero-order valence-corrected chi connectivity index (χ0v) is 81.5. The number of alkyl halides is 6. The van der Waals surface area contributed by atoms with Gasteiger partial charge in [0.2, 0.25) is 5.91 Å². The topological polar surface area (TPSA) is 501 Å². The number of carbonyl (C=O) groups excluding carboxylic acids is 3. The highest BCUT2D eigenvalue weighted by molar-refractivity contribution is 7.87. The van der Waals surface area contributed by atoms with Crippen LogP contribution in [0.2, 0.25) is 0 Å². The Bertz CT molecular complexity index is 6720. The Hall–Kier alpha value is -13.1. The van der Waals surface area contributed by atoms with Gasteiger partial charge in [0.1, 0.15) is 19.6 Å². The third kappa shape index (κ3) is 23.2. The second-order valence-electron chi connectivity index (χ2n) is 34.9. The van der Waals surface area contributed by atoms with Crippen molar-refractivity contribution in [2.24, 2.45) is 0 Å². The minimum atomic E-state index is -5.84. The maximum Gasteiger partial charge on any atom is 0.522 e. The van der Waals surface area contributed by atoms with Gasteiger partial charge in [-0.3, -0.25) is 51.8 Å². The molecular weight excluding hydrogens is 1950 g/mol. The summed E-state index contributed by atoms with van der Waals surface area (Å²) in [6, 6.07) is 57.7. The lowest BCUT2D eigenvalue weighted by Crippen LogP contribution is -2.48. The number of anilines is 14. The van der Waals surface area contributed by atoms with E-state index in [0.29, 0.717) is 113 Å². The van der Waals surface area contributed by atoms with E-state index in [2.05, 4.69) is 127 Å². The summed E-state index contributed by atoms with van der Waals surface area (Å²) in [5.74, 6) is -3.65. The third-order valence-corrected chi connectivity index (χ3v) is 28.6. The monoisotopic (exact) mass is 2050 g/mol. The standard InChI is InChI=1S/3C20H24N4O3S.C10H11NO.C8H5NO2.C6H8N2O3S.C6H7N.C2HF3O2.CHF3O3S/c3*1-3-22-12-21(2)9-15-8-18(28(25,26)27)20-16(19(15)22)11-23-13-24(20)10-14-6-4-5-7-17(14)23;1-10(2)7-5-3-4-6-8(7)11-9(10)12;10-7-5-3-1-2-4-6(5)9-8(7)11;7-4-1-2-6(5(8)3-4)12(9,10)11;7-6-4-2-1-3-5-6;3-2(4,5)1(6)7;2-1(3,4)8(5,6)7/h3*4-8H,3,9-13H2,1-2H3,(H,25,26,27);3-6H,1-2H3,(H,11,12);1-4H,(H,9,10,11);1-3H,7-8H2,(H,9,10,11);1-5H,7H2;(H,6,7);(H,5,6,7). The molecule has 37 nitrogen and oxygen atoms in total. The molecule has 0 aromatic heterocycles. The minimum Gasteiger partial charge on any atom is -0.475 e. The Morgan fingerprint density at radius 3 is 1.01 bits per heavy atom. The molecule has 48 heteroatoms. The quantitative estimate of drug-likeness (QED) is 0.0232. The Labute approximate surface area is 811 Å². The summed E-state index contributed by atoms with van der Waals surface area (Å²) in [5, 5.41) is 12.4. The normalized spacial score (nSPS) is 16.6. The molecule has 6 bridgehead atoms. The van der Waals surface area contributed by atoms with Gasteiger partial charge in [-0.05, 0) is 180 Å². The van der Waals surface area contributed by atoms with E-state index in [0.717, 1.165) is 113 Å². The number of aliphatic carboxylic acids is 1. The summed E-state index contributed by atoms with van der Waals surface area (Å²) < 4.78 is 223. The molecule has 10 aromatic rings. The van der Waals surface area contributed by atoms with Crippen molar-refractivity contribution in [1.29, 1.82) is 0 Å². The molecule has 0 radical (unpaired) electrons. The van der Waals surface area contributed by atoms with Crippen molar-refractivity contribution in [2.75, 3.05) is 153 Å². The van der Waals surface area contributed by atoms with Crippen molar-refractivity contribution >= 4 is 154 Å². The number of amides is 2. The van der Waals surface area contributed by atoms with E-state index >= 15 is 0 Å². The molecule has 0 fully saturated rings. The highest BCUT2D eigenvalue weighted by Crippen LogP contribution is 2.52. The summed E-state index contributed by atoms with van der Waals surface area (Å²) >= 11 is 0. The Morgan fingerprint density at radius 1 is 0.383 bits per heavy atom. The van der Waals surface area contributed by atoms with E-state index in [9.17, 15) is 88.1 Å². The van der Waals surface area contributed by atoms with Gasteiger partial charge in [0.15, 0.2) is 0 Å². The van der Waals surface area contributed by atoms with Crippen molar-refractivity contribution in [3.05, 3.63) is 249 Å². The van der Waals surface area contributed by atoms with Gasteiger partial charge in [-0.2, -0.15) is 68.4 Å². The maximum atomic E-state index is 12.3. The number of hydrogen-bond donors (Lipinski definition) is 11. The van der Waals surface area contributed by atoms with Crippen molar-refractivity contribution in [3.63, 3.8) is 0 Å². The number of para-hydroxylation sites is 6. The lowest BCUT2D eigenvalue weighted by atomic mass is 9.86. The number of hydrogen-bond acceptors (Lipinski definition) is 29. The molecular formula is C93H105F6N17O20S5. The third-order valence-electron chi connectivity index (χ3n) is 24.5. The van der Waals surface area contributed by atoms with E-state index in [1.165, 1.54) is 45.9 Å². The first kappa shape index (κ1) is 105. The Kier molecular flexibility index (Phi) is 30.8. The molecule has 754 valence electrons. The number of Topliss-reactive ketones (excluding diaryl/α,β-unsaturated/α-hetero) is 1. The van der Waals surface area contributed by atoms with Gasteiger partial charge in [0, 0.05) is 146 Å². The van der Waals surface area contributed by atoms with Crippen molar-refractivity contribution in [2.45, 2.75) is 130 Å². The predicted molar refractivity (Wildman–Crippen MR) is 523 cm³/mol. The maximum absolute atomic E-state index is 12.3. The molecule has 0 atom stereocenters. The molecule has 11 aliphatic heterocycles. The number of rotatable bonds is 7. The molecule has 2 amide bonds. The molecule has 14 N–H and O–H groups in total. The van der Waals surface area contributed by atoms with E-state index in [4.69, 9.17) is 44.6 Å². The highest BCUT2D eigenvalue weighted by atomic mass is 32.2. The number of fused-ring (bicyclic) bond motifs is 26. The number of ketones is 1. The van der Waals surface area contributed by atoms with E-state index in [1.54, 1.807) is 42.5 Å². The Morgan fingerprint density at radius 2 is 0.709 bits per heavy atom. The summed E-state index contributed by atoms with van der Waals surface area (Å²) in [7, 11) is -17.0. The SMILES string of the molecule is CC1(C)C(=O)Nc2ccccc21.CCN1CN(C)Cc2cc(S(=O)(=O)O)c3c(c21)CN1CN3Cc2ccccc21.CCN1CN(C)Cc2cc(S(=O)(=O)O)c3c(c21)CN1CN3Cc2ccccc21.CCN1CN(C)Cc2cc(S(=O)(=O)O)c3c(c21)CN1CN3Cc2ccccc21.Nc1ccc(S(=O)(=O)O)c(N)c1.Nc1ccccc1.O=C(O)C(F)(F)F.O=C1Nc2ccccc2C1=O.O=S(=O)(O)C(F)(F)F. The highest BCUT2D eigenvalue weighted by Gasteiger charge is 2.47. The number of nitrogens with zero attached hydrogens (tertiary/aromatic N) is 12. The molecule has 0 aliphatic carbocycles. The first-order valence-electron chi connectivity index (χ1n) is 43.7. The summed E-state index contributed by atoms with van der Waals surface area (Å²) in [6.07, 6.45) is -5.08. The fraction of sp³-hybridized carbons (Fsp3) is 0.312. The van der Waals surface area contributed by atoms with Crippen LogP contribution in [0.4, 0.5) is 106 Å². The minimum absolute atomic E-state index is 0.0339. The van der Waals surface area contributed by atoms with Crippen molar-refractivity contribution in [3.8, 4) is 0 Å². The van der Waals surface area contributed by atoms with Gasteiger partial charge in [0.05, 0.1) is 79.4 Å². The van der Waals surface area contributed by atoms with Crippen LogP contribution < -0.4 is 71.9 Å². The molecule has 0 saturated heterocycles. The summed E-state index contributed by atoms with van der Waals surface area (Å²) in [4.78, 5) is 68.3. The van der Waals surface area contributed by atoms with Crippen LogP contribution in [0.3, 0.4) is 0 Å². The van der Waals surface area contributed by atoms with Crippen LogP contribution in [0.5, 0.6) is 0 Å². The Balaban J connectivity index is 0.000000140. The van der Waals surface area contributed by atoms with Crippen molar-refractivity contribution < 1.29 is 115 Å². The van der Waals surface area contributed by atoms with Gasteiger partial charge in [-0.25, -0.2) is 4.79 Å². The van der Waals surface area contributed by atoms with Crippen LogP contribution in [0.15, 0.2) is 208 Å². The van der Waals surface area contributed by atoms with Gasteiger partial charge in [-0.15, -0.1) is 0 Å². The number of carboxylic acids is 1. The molecule has 0 unspecified atom stereocenters. The van der Waals surface area contributed by atoms with Gasteiger partial charge in [0.25, 0.3) is 52.2 Å². The lowest BCUT2D eigenvalue weighted by Gasteiger charge is -2.48. The first-order valence-corrected chi connectivity index (χ1v) is 50.9. The van der Waals surface area contributed by atoms with E-state index in [1.807, 2.05) is 126 Å². The lowest BCUT2D eigenvalue weighted by molar-refractivity contribution is -0.192. The smallest absolute Gasteiger partial charge is 0.475 e. The average molecular weight is 2060 g/mol. The van der Waals surface area contributed by atoms with E-state index < -0.39 is 79.9 Å². The number of nitrogens with one attached hydrogen (secondary N) is 2. The number of carboxylic acid groups (broad SMARTS) is 1. The molecule has 141 heavy (non-hydrogen) atoms. The van der Waals surface area contributed by atoms with Crippen LogP contribution in [0.25, 0.3) is 0 Å². The average Bonchev–Trinajstić information content (AvgIpc) is 1.53. The van der Waals surface area contributed by atoms with Crippen molar-refractivity contribution in [1.82, 2.24) is 14.7 Å². The van der Waals surface area contributed by atoms with Gasteiger partial charge in [-0.1, -0.05) is 103 Å². The van der Waals surface area contributed by atoms with Crippen LogP contribution in [-0.4, -0.2) is 201 Å². The largest absolute Gasteiger partial charge is 0.522 e. The zero-order valence-electron chi connectivity index (χ0n) is 77.4. The molecule has 10 aromatic carbocycles. The number of halogens is 6. The molecule has 11 heterocycles. The molecule has 0 saturated carbocycles. The predicted octanol–water partition coefficient (Wildman–Crippen LogP) is 12.5. The second-order valence-corrected chi connectivity index (χ2v) is 41.9. The number of carbonyl (C=O) groups is 4. The molecule has 0 spiro atoms. The van der Waals surface area contributed by atoms with Crippen LogP contribution in [0.1, 0.15) is 101 Å². The summed E-state index contributed by atoms with van der Waals surface area (Å²) in [6.45, 7) is 22.8. The molecule has 11 aliphatic rings. The van der Waals surface area contributed by atoms with Gasteiger partial charge < -0.3 is 77.0 Å². The van der Waals surface area contributed by atoms with Crippen LogP contribution in [-0.2, 0) is 129 Å². The van der Waals surface area contributed by atoms with Crippen LogP contribution >= 0.6 is 0 Å². The second kappa shape index (κ2) is 41.2. The zero-order chi connectivity index (χ0) is 103. The fourth-order valence-corrected chi connectivity index (χ4v) is 21.5. The van der Waals surface area contributed by atoms with Gasteiger partial charge >= 0.3 is 27.8 Å². The van der Waals surface area contributed by atoms with E-state index in [-0.39, 0.29) is 36.6 Å². The van der Waals surface area contributed by atoms with Crippen LogP contribution in [0, 0.1) is 0 Å². The molecule has 21 rings (SSSR count). The number of nitrogen functional groups attached to an aromatic ring is 3. The first-order chi connectivity index (χ1) is 66.0.